The maximum Gasteiger partial charge on any atom is 0.253 e. The summed E-state index contributed by atoms with van der Waals surface area (Å²) in [5, 5.41) is 8.13. The van der Waals surface area contributed by atoms with Gasteiger partial charge in [-0.3, -0.25) is 4.79 Å². The zero-order chi connectivity index (χ0) is 21.3. The van der Waals surface area contributed by atoms with Crippen LogP contribution >= 0.6 is 0 Å². The number of carbonyl (C=O) groups is 1. The Morgan fingerprint density at radius 3 is 2.47 bits per heavy atom. The summed E-state index contributed by atoms with van der Waals surface area (Å²) >= 11 is 0. The van der Waals surface area contributed by atoms with E-state index in [4.69, 9.17) is 4.74 Å². The van der Waals surface area contributed by atoms with E-state index >= 15 is 0 Å². The molecule has 0 fully saturated rings. The van der Waals surface area contributed by atoms with Crippen molar-refractivity contribution in [2.75, 3.05) is 38.6 Å². The van der Waals surface area contributed by atoms with Gasteiger partial charge in [0, 0.05) is 18.1 Å². The first-order valence-corrected chi connectivity index (χ1v) is 10.5. The SMILES string of the molecule is CCN(CC)CCCNC(=O)c1cnc(Nc2ccccc2OC)c2ccccc12. The molecule has 30 heavy (non-hydrogen) atoms. The van der Waals surface area contributed by atoms with Crippen LogP contribution in [0.25, 0.3) is 10.8 Å². The minimum absolute atomic E-state index is 0.0953. The minimum atomic E-state index is -0.0953. The van der Waals surface area contributed by atoms with Crippen LogP contribution in [-0.2, 0) is 0 Å². The number of amides is 1. The van der Waals surface area contributed by atoms with Crippen LogP contribution in [0, 0.1) is 0 Å². The molecule has 0 spiro atoms. The molecular weight excluding hydrogens is 376 g/mol. The highest BCUT2D eigenvalue weighted by atomic mass is 16.5. The Bertz CT molecular complexity index is 986. The van der Waals surface area contributed by atoms with Crippen LogP contribution in [0.5, 0.6) is 5.75 Å². The number of nitrogens with zero attached hydrogens (tertiary/aromatic N) is 2. The molecule has 3 rings (SSSR count). The van der Waals surface area contributed by atoms with Gasteiger partial charge in [-0.15, -0.1) is 0 Å². The predicted molar refractivity (Wildman–Crippen MR) is 123 cm³/mol. The van der Waals surface area contributed by atoms with Crippen molar-refractivity contribution in [3.05, 3.63) is 60.3 Å². The van der Waals surface area contributed by atoms with Gasteiger partial charge in [-0.25, -0.2) is 4.98 Å². The summed E-state index contributed by atoms with van der Waals surface area (Å²) in [5.41, 5.74) is 1.41. The molecule has 0 saturated heterocycles. The monoisotopic (exact) mass is 406 g/mol. The number of hydrogen-bond donors (Lipinski definition) is 2. The number of fused-ring (bicyclic) bond motifs is 1. The average Bonchev–Trinajstić information content (AvgIpc) is 2.79. The van der Waals surface area contributed by atoms with Gasteiger partial charge in [0.15, 0.2) is 0 Å². The summed E-state index contributed by atoms with van der Waals surface area (Å²) < 4.78 is 5.42. The fourth-order valence-electron chi connectivity index (χ4n) is 3.49. The zero-order valence-electron chi connectivity index (χ0n) is 17.9. The number of hydrogen-bond acceptors (Lipinski definition) is 5. The smallest absolute Gasteiger partial charge is 0.253 e. The third kappa shape index (κ3) is 5.07. The van der Waals surface area contributed by atoms with Crippen LogP contribution in [0.2, 0.25) is 0 Å². The van der Waals surface area contributed by atoms with Gasteiger partial charge in [-0.2, -0.15) is 0 Å². The van der Waals surface area contributed by atoms with E-state index in [1.54, 1.807) is 13.3 Å². The van der Waals surface area contributed by atoms with Gasteiger partial charge in [0.05, 0.1) is 18.4 Å². The second-order valence-electron chi connectivity index (χ2n) is 7.03. The number of nitrogens with one attached hydrogen (secondary N) is 2. The molecule has 6 nitrogen and oxygen atoms in total. The predicted octanol–water partition coefficient (Wildman–Crippen LogP) is 4.45. The standard InChI is InChI=1S/C24H30N4O2/c1-4-28(5-2)16-10-15-25-24(29)20-17-26-23(19-12-7-6-11-18(19)20)27-21-13-8-9-14-22(21)30-3/h6-9,11-14,17H,4-5,10,15-16H2,1-3H3,(H,25,29)(H,26,27). The number of aromatic nitrogens is 1. The number of methoxy groups -OCH3 is 1. The molecule has 0 aliphatic carbocycles. The summed E-state index contributed by atoms with van der Waals surface area (Å²) in [5.74, 6) is 1.33. The number of carbonyl (C=O) groups excluding carboxylic acids is 1. The van der Waals surface area contributed by atoms with Crippen LogP contribution in [0.4, 0.5) is 11.5 Å². The van der Waals surface area contributed by atoms with Crippen molar-refractivity contribution < 1.29 is 9.53 Å². The minimum Gasteiger partial charge on any atom is -0.495 e. The summed E-state index contributed by atoms with van der Waals surface area (Å²) in [6.45, 7) is 7.99. The Balaban J connectivity index is 1.78. The largest absolute Gasteiger partial charge is 0.495 e. The fourth-order valence-corrected chi connectivity index (χ4v) is 3.49. The molecule has 2 aromatic carbocycles. The lowest BCUT2D eigenvalue weighted by Gasteiger charge is -2.18. The molecule has 3 aromatic rings. The highest BCUT2D eigenvalue weighted by Gasteiger charge is 2.14. The second kappa shape index (κ2) is 10.6. The Morgan fingerprint density at radius 2 is 1.73 bits per heavy atom. The average molecular weight is 407 g/mol. The summed E-state index contributed by atoms with van der Waals surface area (Å²) in [6.07, 6.45) is 2.56. The Labute approximate surface area is 178 Å². The molecule has 0 bridgehead atoms. The van der Waals surface area contributed by atoms with Gasteiger partial charge in [-0.1, -0.05) is 50.2 Å². The van der Waals surface area contributed by atoms with E-state index in [1.807, 2.05) is 48.5 Å². The first-order chi connectivity index (χ1) is 14.7. The Morgan fingerprint density at radius 1 is 1.03 bits per heavy atom. The van der Waals surface area contributed by atoms with E-state index < -0.39 is 0 Å². The van der Waals surface area contributed by atoms with Crippen molar-refractivity contribution in [3.63, 3.8) is 0 Å². The van der Waals surface area contributed by atoms with Gasteiger partial charge in [0.1, 0.15) is 11.6 Å². The lowest BCUT2D eigenvalue weighted by atomic mass is 10.1. The summed E-state index contributed by atoms with van der Waals surface area (Å²) in [7, 11) is 1.64. The number of pyridine rings is 1. The molecule has 0 radical (unpaired) electrons. The van der Waals surface area contributed by atoms with Gasteiger partial charge < -0.3 is 20.3 Å². The lowest BCUT2D eigenvalue weighted by Crippen LogP contribution is -2.30. The van der Waals surface area contributed by atoms with E-state index in [1.165, 1.54) is 0 Å². The molecule has 1 heterocycles. The van der Waals surface area contributed by atoms with Crippen molar-refractivity contribution in [1.82, 2.24) is 15.2 Å². The molecule has 158 valence electrons. The van der Waals surface area contributed by atoms with Crippen LogP contribution < -0.4 is 15.4 Å². The molecule has 0 unspecified atom stereocenters. The van der Waals surface area contributed by atoms with Gasteiger partial charge in [0.25, 0.3) is 5.91 Å². The normalized spacial score (nSPS) is 10.9. The van der Waals surface area contributed by atoms with E-state index in [9.17, 15) is 4.79 Å². The molecule has 2 N–H and O–H groups in total. The Hall–Kier alpha value is -3.12. The third-order valence-electron chi connectivity index (χ3n) is 5.23. The van der Waals surface area contributed by atoms with Crippen LogP contribution in [0.1, 0.15) is 30.6 Å². The Kier molecular flexibility index (Phi) is 7.63. The van der Waals surface area contributed by atoms with E-state index in [0.717, 1.165) is 48.3 Å². The lowest BCUT2D eigenvalue weighted by molar-refractivity contribution is 0.0953. The van der Waals surface area contributed by atoms with Crippen LogP contribution in [-0.4, -0.2) is 49.1 Å². The van der Waals surface area contributed by atoms with Crippen molar-refractivity contribution in [2.24, 2.45) is 0 Å². The first kappa shape index (κ1) is 21.6. The van der Waals surface area contributed by atoms with Crippen molar-refractivity contribution in [1.29, 1.82) is 0 Å². The van der Waals surface area contributed by atoms with Crippen LogP contribution in [0.3, 0.4) is 0 Å². The molecular formula is C24H30N4O2. The van der Waals surface area contributed by atoms with Gasteiger partial charge in [0.2, 0.25) is 0 Å². The van der Waals surface area contributed by atoms with E-state index in [-0.39, 0.29) is 5.91 Å². The molecule has 1 aromatic heterocycles. The zero-order valence-corrected chi connectivity index (χ0v) is 17.9. The number of anilines is 2. The number of rotatable bonds is 10. The number of para-hydroxylation sites is 2. The molecule has 6 heteroatoms. The van der Waals surface area contributed by atoms with Crippen molar-refractivity contribution in [2.45, 2.75) is 20.3 Å². The summed E-state index contributed by atoms with van der Waals surface area (Å²) in [4.78, 5) is 19.7. The molecule has 0 aliphatic heterocycles. The van der Waals surface area contributed by atoms with Crippen molar-refractivity contribution >= 4 is 28.2 Å². The van der Waals surface area contributed by atoms with E-state index in [2.05, 4.69) is 34.4 Å². The quantitative estimate of drug-likeness (QED) is 0.487. The molecule has 1 amide bonds. The maximum atomic E-state index is 12.8. The molecule has 0 aliphatic rings. The van der Waals surface area contributed by atoms with E-state index in [0.29, 0.717) is 17.9 Å². The highest BCUT2D eigenvalue weighted by Crippen LogP contribution is 2.31. The summed E-state index contributed by atoms with van der Waals surface area (Å²) in [6, 6.07) is 15.5. The number of ether oxygens (including phenoxy) is 1. The topological polar surface area (TPSA) is 66.5 Å². The molecule has 0 saturated carbocycles. The fraction of sp³-hybridized carbons (Fsp3) is 0.333. The highest BCUT2D eigenvalue weighted by molar-refractivity contribution is 6.09. The van der Waals surface area contributed by atoms with Gasteiger partial charge in [-0.05, 0) is 43.6 Å². The first-order valence-electron chi connectivity index (χ1n) is 10.5. The molecule has 0 atom stereocenters. The second-order valence-corrected chi connectivity index (χ2v) is 7.03. The van der Waals surface area contributed by atoms with Crippen molar-refractivity contribution in [3.8, 4) is 5.75 Å². The maximum absolute atomic E-state index is 12.8. The third-order valence-corrected chi connectivity index (χ3v) is 5.23. The van der Waals surface area contributed by atoms with Gasteiger partial charge >= 0.3 is 0 Å². The number of benzene rings is 2. The van der Waals surface area contributed by atoms with Crippen LogP contribution in [0.15, 0.2) is 54.7 Å².